The number of hydrogen-bond donors (Lipinski definition) is 0. The number of benzene rings is 1. The maximum atomic E-state index is 10.5. The van der Waals surface area contributed by atoms with Crippen LogP contribution in [0.1, 0.15) is 5.56 Å². The van der Waals surface area contributed by atoms with E-state index in [2.05, 4.69) is 0 Å². The maximum absolute atomic E-state index is 10.5. The summed E-state index contributed by atoms with van der Waals surface area (Å²) in [5, 5.41) is 19.2. The van der Waals surface area contributed by atoms with Crippen LogP contribution in [0.25, 0.3) is 0 Å². The highest BCUT2D eigenvalue weighted by atomic mass is 16.6. The van der Waals surface area contributed by atoms with E-state index >= 15 is 0 Å². The standard InChI is InChI=1S/C9H9N3O2/c1-11(2)9-5-8(12(13)14)4-3-7(9)6-10/h3-5H,1-2H3. The van der Waals surface area contributed by atoms with E-state index in [0.29, 0.717) is 11.3 Å². The van der Waals surface area contributed by atoms with Crippen molar-refractivity contribution in [3.05, 3.63) is 33.9 Å². The maximum Gasteiger partial charge on any atom is 0.271 e. The van der Waals surface area contributed by atoms with Gasteiger partial charge in [-0.3, -0.25) is 10.1 Å². The molecule has 1 aromatic carbocycles. The number of nitro groups is 1. The Labute approximate surface area is 81.3 Å². The molecule has 5 nitrogen and oxygen atoms in total. The van der Waals surface area contributed by atoms with Gasteiger partial charge in [0.05, 0.1) is 16.2 Å². The number of nitrogens with zero attached hydrogens (tertiary/aromatic N) is 3. The van der Waals surface area contributed by atoms with Gasteiger partial charge >= 0.3 is 0 Å². The summed E-state index contributed by atoms with van der Waals surface area (Å²) in [5.41, 5.74) is 0.981. The van der Waals surface area contributed by atoms with Gasteiger partial charge in [-0.05, 0) is 6.07 Å². The zero-order valence-corrected chi connectivity index (χ0v) is 7.89. The molecule has 0 heterocycles. The molecule has 0 saturated heterocycles. The first-order valence-corrected chi connectivity index (χ1v) is 3.92. The molecule has 0 fully saturated rings. The molecule has 0 unspecified atom stereocenters. The Morgan fingerprint density at radius 3 is 2.57 bits per heavy atom. The molecule has 0 atom stereocenters. The van der Waals surface area contributed by atoms with Crippen LogP contribution >= 0.6 is 0 Å². The molecule has 0 aliphatic heterocycles. The Morgan fingerprint density at radius 1 is 1.50 bits per heavy atom. The Bertz CT molecular complexity index is 407. The first-order chi connectivity index (χ1) is 6.56. The van der Waals surface area contributed by atoms with E-state index in [4.69, 9.17) is 5.26 Å². The van der Waals surface area contributed by atoms with Crippen LogP contribution in [0.4, 0.5) is 11.4 Å². The third-order valence-electron chi connectivity index (χ3n) is 1.79. The van der Waals surface area contributed by atoms with Gasteiger partial charge in [-0.25, -0.2) is 0 Å². The molecular weight excluding hydrogens is 182 g/mol. The number of anilines is 1. The first-order valence-electron chi connectivity index (χ1n) is 3.92. The van der Waals surface area contributed by atoms with Crippen molar-refractivity contribution in [3.63, 3.8) is 0 Å². The van der Waals surface area contributed by atoms with Crippen molar-refractivity contribution >= 4 is 11.4 Å². The number of hydrogen-bond acceptors (Lipinski definition) is 4. The van der Waals surface area contributed by atoms with Crippen molar-refractivity contribution in [3.8, 4) is 6.07 Å². The molecule has 0 aliphatic rings. The Kier molecular flexibility index (Phi) is 2.67. The molecule has 0 aromatic heterocycles. The molecule has 0 aliphatic carbocycles. The second kappa shape index (κ2) is 3.75. The van der Waals surface area contributed by atoms with Gasteiger partial charge in [0.25, 0.3) is 5.69 Å². The van der Waals surface area contributed by atoms with Crippen LogP contribution < -0.4 is 4.90 Å². The largest absolute Gasteiger partial charge is 0.376 e. The van der Waals surface area contributed by atoms with Crippen molar-refractivity contribution in [1.82, 2.24) is 0 Å². The summed E-state index contributed by atoms with van der Waals surface area (Å²) in [6, 6.07) is 6.14. The lowest BCUT2D eigenvalue weighted by Crippen LogP contribution is -2.10. The monoisotopic (exact) mass is 191 g/mol. The third kappa shape index (κ3) is 1.80. The van der Waals surface area contributed by atoms with Crippen LogP contribution in [0.5, 0.6) is 0 Å². The van der Waals surface area contributed by atoms with E-state index in [9.17, 15) is 10.1 Å². The second-order valence-electron chi connectivity index (χ2n) is 2.96. The van der Waals surface area contributed by atoms with Crippen molar-refractivity contribution in [2.45, 2.75) is 0 Å². The SMILES string of the molecule is CN(C)c1cc([N+](=O)[O-])ccc1C#N. The quantitative estimate of drug-likeness (QED) is 0.525. The highest BCUT2D eigenvalue weighted by Gasteiger charge is 2.11. The molecule has 0 amide bonds. The number of nitriles is 1. The minimum Gasteiger partial charge on any atom is -0.376 e. The van der Waals surface area contributed by atoms with Gasteiger partial charge in [0, 0.05) is 26.2 Å². The minimum absolute atomic E-state index is 0.00676. The topological polar surface area (TPSA) is 70.2 Å². The third-order valence-corrected chi connectivity index (χ3v) is 1.79. The van der Waals surface area contributed by atoms with E-state index in [1.807, 2.05) is 6.07 Å². The van der Waals surface area contributed by atoms with Gasteiger partial charge in [-0.15, -0.1) is 0 Å². The Hall–Kier alpha value is -2.09. The van der Waals surface area contributed by atoms with E-state index in [1.165, 1.54) is 18.2 Å². The fourth-order valence-electron chi connectivity index (χ4n) is 1.10. The summed E-state index contributed by atoms with van der Waals surface area (Å²) in [6.45, 7) is 0. The molecule has 0 N–H and O–H groups in total. The van der Waals surface area contributed by atoms with Crippen molar-refractivity contribution in [2.75, 3.05) is 19.0 Å². The highest BCUT2D eigenvalue weighted by molar-refractivity contribution is 5.62. The molecule has 1 rings (SSSR count). The van der Waals surface area contributed by atoms with Crippen LogP contribution in [0.15, 0.2) is 18.2 Å². The van der Waals surface area contributed by atoms with Crippen LogP contribution in [0.3, 0.4) is 0 Å². The molecule has 0 saturated carbocycles. The van der Waals surface area contributed by atoms with Crippen LogP contribution in [-0.2, 0) is 0 Å². The molecular formula is C9H9N3O2. The summed E-state index contributed by atoms with van der Waals surface area (Å²) in [5.74, 6) is 0. The van der Waals surface area contributed by atoms with Crippen LogP contribution in [0.2, 0.25) is 0 Å². The molecule has 5 heteroatoms. The number of non-ortho nitro benzene ring substituents is 1. The molecule has 72 valence electrons. The van der Waals surface area contributed by atoms with Gasteiger partial charge in [-0.2, -0.15) is 5.26 Å². The van der Waals surface area contributed by atoms with Crippen molar-refractivity contribution < 1.29 is 4.92 Å². The predicted octanol–water partition coefficient (Wildman–Crippen LogP) is 1.53. The van der Waals surface area contributed by atoms with Gasteiger partial charge in [0.2, 0.25) is 0 Å². The summed E-state index contributed by atoms with van der Waals surface area (Å²) >= 11 is 0. The van der Waals surface area contributed by atoms with Gasteiger partial charge in [0.1, 0.15) is 6.07 Å². The van der Waals surface area contributed by atoms with Crippen molar-refractivity contribution in [2.24, 2.45) is 0 Å². The fourth-order valence-corrected chi connectivity index (χ4v) is 1.10. The predicted molar refractivity (Wildman–Crippen MR) is 52.1 cm³/mol. The van der Waals surface area contributed by atoms with E-state index in [0.717, 1.165) is 0 Å². The average Bonchev–Trinajstić information content (AvgIpc) is 2.16. The Balaban J connectivity index is 3.29. The molecule has 0 radical (unpaired) electrons. The fraction of sp³-hybridized carbons (Fsp3) is 0.222. The number of nitro benzene ring substituents is 1. The smallest absolute Gasteiger partial charge is 0.271 e. The molecule has 14 heavy (non-hydrogen) atoms. The van der Waals surface area contributed by atoms with Gasteiger partial charge < -0.3 is 4.90 Å². The lowest BCUT2D eigenvalue weighted by Gasteiger charge is -2.13. The first kappa shape index (κ1) is 9.99. The lowest BCUT2D eigenvalue weighted by molar-refractivity contribution is -0.384. The van der Waals surface area contributed by atoms with E-state index in [1.54, 1.807) is 19.0 Å². The van der Waals surface area contributed by atoms with Crippen LogP contribution in [0, 0.1) is 21.4 Å². The molecule has 0 spiro atoms. The zero-order chi connectivity index (χ0) is 10.7. The summed E-state index contributed by atoms with van der Waals surface area (Å²) in [7, 11) is 3.47. The minimum atomic E-state index is -0.478. The van der Waals surface area contributed by atoms with E-state index < -0.39 is 4.92 Å². The Morgan fingerprint density at radius 2 is 2.14 bits per heavy atom. The summed E-state index contributed by atoms with van der Waals surface area (Å²) in [4.78, 5) is 11.7. The second-order valence-corrected chi connectivity index (χ2v) is 2.96. The van der Waals surface area contributed by atoms with Gasteiger partial charge in [-0.1, -0.05) is 0 Å². The normalized spacial score (nSPS) is 9.21. The lowest BCUT2D eigenvalue weighted by atomic mass is 10.1. The summed E-state index contributed by atoms with van der Waals surface area (Å²) in [6.07, 6.45) is 0. The molecule has 1 aromatic rings. The van der Waals surface area contributed by atoms with Crippen LogP contribution in [-0.4, -0.2) is 19.0 Å². The van der Waals surface area contributed by atoms with E-state index in [-0.39, 0.29) is 5.69 Å². The van der Waals surface area contributed by atoms with Crippen molar-refractivity contribution in [1.29, 1.82) is 5.26 Å². The number of rotatable bonds is 2. The van der Waals surface area contributed by atoms with Gasteiger partial charge in [0.15, 0.2) is 0 Å². The zero-order valence-electron chi connectivity index (χ0n) is 7.89. The highest BCUT2D eigenvalue weighted by Crippen LogP contribution is 2.23. The average molecular weight is 191 g/mol. The summed E-state index contributed by atoms with van der Waals surface area (Å²) < 4.78 is 0. The molecule has 0 bridgehead atoms.